The molecule has 0 aromatic carbocycles. The summed E-state index contributed by atoms with van der Waals surface area (Å²) >= 11 is 0. The Morgan fingerprint density at radius 3 is 0.769 bits per heavy atom. The Labute approximate surface area is 104 Å². The predicted molar refractivity (Wildman–Crippen MR) is 65.7 cm³/mol. The van der Waals surface area contributed by atoms with Gasteiger partial charge in [-0.2, -0.15) is 0 Å². The van der Waals surface area contributed by atoms with Crippen LogP contribution < -0.4 is 0 Å². The summed E-state index contributed by atoms with van der Waals surface area (Å²) < 4.78 is 16.2. The molecule has 0 radical (unpaired) electrons. The van der Waals surface area contributed by atoms with Crippen molar-refractivity contribution in [3.05, 3.63) is 0 Å². The van der Waals surface area contributed by atoms with Crippen LogP contribution in [0, 0.1) is 0 Å². The van der Waals surface area contributed by atoms with Crippen molar-refractivity contribution in [2.45, 2.75) is 0 Å². The van der Waals surface area contributed by atoms with Crippen LogP contribution in [0.1, 0.15) is 0 Å². The molecule has 0 aliphatic carbocycles. The van der Waals surface area contributed by atoms with Gasteiger partial charge >= 0.3 is 49.6 Å². The second-order valence-electron chi connectivity index (χ2n) is 1.83. The van der Waals surface area contributed by atoms with Crippen molar-refractivity contribution in [2.75, 3.05) is 25.0 Å². The molecule has 0 bridgehead atoms. The van der Waals surface area contributed by atoms with Crippen LogP contribution in [0.25, 0.3) is 0 Å². The van der Waals surface area contributed by atoms with Gasteiger partial charge in [0.2, 0.25) is 0 Å². The SMILES string of the molecule is CS(C)=[OH+].CS(C)=[OH+].[Cl][Rh]([Cl])([Cl])[Cl]. The van der Waals surface area contributed by atoms with Gasteiger partial charge in [-0.15, -0.1) is 0 Å². The molecule has 0 aromatic heterocycles. The van der Waals surface area contributed by atoms with E-state index in [1.54, 1.807) is 25.0 Å². The Kier molecular flexibility index (Phi) is 19.2. The number of hydrogen-bond donors (Lipinski definition) is 0. The first-order valence-corrected chi connectivity index (χ1v) is 14.9. The van der Waals surface area contributed by atoms with Crippen molar-refractivity contribution < 1.29 is 19.2 Å². The van der Waals surface area contributed by atoms with Gasteiger partial charge in [-0.05, 0) is 0 Å². The van der Waals surface area contributed by atoms with Crippen molar-refractivity contribution >= 4 is 60.4 Å². The van der Waals surface area contributed by atoms with E-state index in [2.05, 4.69) is 0 Å². The molecular formula is C4H14Cl4O2RhS2+2. The zero-order chi connectivity index (χ0) is 11.7. The van der Waals surface area contributed by atoms with Gasteiger partial charge in [0.25, 0.3) is 0 Å². The van der Waals surface area contributed by atoms with E-state index in [1.165, 1.54) is 0 Å². The van der Waals surface area contributed by atoms with Crippen LogP contribution in [0.15, 0.2) is 0 Å². The fourth-order valence-electron chi connectivity index (χ4n) is 0. The van der Waals surface area contributed by atoms with Crippen LogP contribution in [0.2, 0.25) is 0 Å². The molecule has 0 amide bonds. The molecule has 2 nitrogen and oxygen atoms in total. The molecule has 0 rings (SSSR count). The van der Waals surface area contributed by atoms with Gasteiger partial charge in [0, 0.05) is 0 Å². The van der Waals surface area contributed by atoms with E-state index >= 15 is 0 Å². The Balaban J connectivity index is -0.000000117. The number of rotatable bonds is 0. The first-order chi connectivity index (χ1) is 5.46. The van der Waals surface area contributed by atoms with Crippen LogP contribution in [-0.4, -0.2) is 33.4 Å². The average molecular weight is 403 g/mol. The molecule has 0 saturated heterocycles. The Hall–Kier alpha value is 2.08. The molecular weight excluding hydrogens is 389 g/mol. The summed E-state index contributed by atoms with van der Waals surface area (Å²) in [6.45, 7) is 0. The third-order valence-electron chi connectivity index (χ3n) is 0. The van der Waals surface area contributed by atoms with Gasteiger partial charge in [0.05, 0.1) is 25.0 Å². The molecule has 0 heterocycles. The van der Waals surface area contributed by atoms with E-state index in [9.17, 15) is 0 Å². The van der Waals surface area contributed by atoms with E-state index in [0.717, 1.165) is 0 Å². The van der Waals surface area contributed by atoms with Crippen molar-refractivity contribution in [3.63, 3.8) is 0 Å². The van der Waals surface area contributed by atoms with E-state index in [4.69, 9.17) is 47.2 Å². The summed E-state index contributed by atoms with van der Waals surface area (Å²) in [6, 6.07) is 0. The summed E-state index contributed by atoms with van der Waals surface area (Å²) in [5.41, 5.74) is 0. The predicted octanol–water partition coefficient (Wildman–Crippen LogP) is 3.06. The molecule has 0 aliphatic rings. The van der Waals surface area contributed by atoms with Crippen LogP contribution >= 0.6 is 38.8 Å². The van der Waals surface area contributed by atoms with Crippen LogP contribution in [0.3, 0.4) is 0 Å². The van der Waals surface area contributed by atoms with E-state index < -0.39 is 10.8 Å². The van der Waals surface area contributed by atoms with Gasteiger partial charge in [0.15, 0.2) is 21.6 Å². The average Bonchev–Trinajstić information content (AvgIpc) is 1.50. The maximum atomic E-state index is 8.08. The quantitative estimate of drug-likeness (QED) is 0.441. The van der Waals surface area contributed by atoms with E-state index in [0.29, 0.717) is 0 Å². The molecule has 0 spiro atoms. The second-order valence-corrected chi connectivity index (χ2v) is 19.9. The molecule has 9 heteroatoms. The molecule has 0 unspecified atom stereocenters. The van der Waals surface area contributed by atoms with Crippen molar-refractivity contribution in [3.8, 4) is 0 Å². The van der Waals surface area contributed by atoms with Crippen molar-refractivity contribution in [1.82, 2.24) is 0 Å². The summed E-state index contributed by atoms with van der Waals surface area (Å²) in [5, 5.41) is 0. The topological polar surface area (TPSA) is 42.8 Å². The van der Waals surface area contributed by atoms with Gasteiger partial charge in [-0.25, -0.2) is 0 Å². The third-order valence-corrected chi connectivity index (χ3v) is 0. The van der Waals surface area contributed by atoms with Gasteiger partial charge in [-0.1, -0.05) is 0 Å². The summed E-state index contributed by atoms with van der Waals surface area (Å²) in [6.07, 6.45) is 7.00. The number of hydrogen-bond acceptors (Lipinski definition) is 0. The minimum atomic E-state index is -2.89. The van der Waals surface area contributed by atoms with Crippen LogP contribution in [0.5, 0.6) is 0 Å². The number of halogens is 4. The van der Waals surface area contributed by atoms with E-state index in [1.807, 2.05) is 0 Å². The monoisotopic (exact) mass is 401 g/mol. The first-order valence-electron chi connectivity index (χ1n) is 2.50. The fourth-order valence-corrected chi connectivity index (χ4v) is 0. The van der Waals surface area contributed by atoms with Crippen molar-refractivity contribution in [2.24, 2.45) is 0 Å². The molecule has 89 valence electrons. The fraction of sp³-hybridized carbons (Fsp3) is 1.00. The second kappa shape index (κ2) is 12.2. The Morgan fingerprint density at radius 2 is 0.769 bits per heavy atom. The molecule has 0 atom stereocenters. The van der Waals surface area contributed by atoms with Gasteiger partial charge in [0.1, 0.15) is 0 Å². The zero-order valence-electron chi connectivity index (χ0n) is 7.56. The van der Waals surface area contributed by atoms with Crippen LogP contribution in [-0.2, 0) is 32.4 Å². The summed E-state index contributed by atoms with van der Waals surface area (Å²) in [4.78, 5) is 0. The molecule has 2 N–H and O–H groups in total. The van der Waals surface area contributed by atoms with E-state index in [-0.39, 0.29) is 21.6 Å². The van der Waals surface area contributed by atoms with Gasteiger partial charge in [-0.3, -0.25) is 8.42 Å². The maximum absolute atomic E-state index is 8.08. The Bertz CT molecular complexity index is 135. The standard InChI is InChI=1S/2C2H6OS.4ClH.Rh/c2*1-4(2)3;;;;;/h2*1-2H3;4*1H;/q;;;;;;+4/p-2. The molecule has 0 saturated carbocycles. The first kappa shape index (κ1) is 20.5. The third kappa shape index (κ3) is 474. The van der Waals surface area contributed by atoms with Crippen LogP contribution in [0.4, 0.5) is 0 Å². The van der Waals surface area contributed by atoms with Crippen molar-refractivity contribution in [1.29, 1.82) is 0 Å². The molecule has 0 aromatic rings. The Morgan fingerprint density at radius 1 is 0.769 bits per heavy atom. The molecule has 0 fully saturated rings. The van der Waals surface area contributed by atoms with Gasteiger partial charge < -0.3 is 0 Å². The summed E-state index contributed by atoms with van der Waals surface area (Å²) in [7, 11) is 16.3. The molecule has 0 aliphatic heterocycles. The normalized spacial score (nSPS) is 11.2. The minimum absolute atomic E-state index is 0.361. The zero-order valence-corrected chi connectivity index (χ0v) is 13.9. The summed E-state index contributed by atoms with van der Waals surface area (Å²) in [5.74, 6) is 0. The molecule has 13 heavy (non-hydrogen) atoms.